The molecule has 0 spiro atoms. The summed E-state index contributed by atoms with van der Waals surface area (Å²) in [7, 11) is 0. The van der Waals surface area contributed by atoms with Crippen LogP contribution in [0.5, 0.6) is 0 Å². The van der Waals surface area contributed by atoms with E-state index in [4.69, 9.17) is 23.2 Å². The quantitative estimate of drug-likeness (QED) is 0.171. The highest BCUT2D eigenvalue weighted by Gasteiger charge is 2.03. The second-order valence-electron chi connectivity index (χ2n) is 6.81. The minimum Gasteiger partial charge on any atom is -0.127 e. The molecule has 22 heavy (non-hydrogen) atoms. The van der Waals surface area contributed by atoms with E-state index in [9.17, 15) is 0 Å². The summed E-state index contributed by atoms with van der Waals surface area (Å²) in [6.07, 6.45) is 23.0. The summed E-state index contributed by atoms with van der Waals surface area (Å²) in [5, 5.41) is 0.401. The number of hydrogen-bond acceptors (Lipinski definition) is 0. The monoisotopic (exact) mass is 350 g/mol. The molecule has 0 bridgehead atoms. The van der Waals surface area contributed by atoms with Crippen molar-refractivity contribution in [2.45, 2.75) is 121 Å². The average Bonchev–Trinajstić information content (AvgIpc) is 2.52. The fraction of sp³-hybridized carbons (Fsp3) is 1.00. The molecule has 0 aliphatic carbocycles. The van der Waals surface area contributed by atoms with Crippen LogP contribution in [0.3, 0.4) is 0 Å². The SMILES string of the molecule is CCCCCCCCCCCCCCC(Cl)CCCCCCl. The highest BCUT2D eigenvalue weighted by atomic mass is 35.5. The Labute approximate surface area is 150 Å². The van der Waals surface area contributed by atoms with Crippen molar-refractivity contribution in [3.8, 4) is 0 Å². The van der Waals surface area contributed by atoms with Gasteiger partial charge < -0.3 is 0 Å². The molecule has 0 saturated carbocycles. The van der Waals surface area contributed by atoms with Crippen molar-refractivity contribution in [3.63, 3.8) is 0 Å². The van der Waals surface area contributed by atoms with E-state index in [1.54, 1.807) is 0 Å². The third-order valence-corrected chi connectivity index (χ3v) is 5.23. The predicted octanol–water partition coefficient (Wildman–Crippen LogP) is 8.48. The molecule has 0 radical (unpaired) electrons. The first-order valence-corrected chi connectivity index (χ1v) is 11.0. The van der Waals surface area contributed by atoms with Crippen molar-refractivity contribution in [1.29, 1.82) is 0 Å². The minimum absolute atomic E-state index is 0.401. The summed E-state index contributed by atoms with van der Waals surface area (Å²) in [6.45, 7) is 2.29. The van der Waals surface area contributed by atoms with Gasteiger partial charge in [0.1, 0.15) is 0 Å². The first-order chi connectivity index (χ1) is 10.8. The summed E-state index contributed by atoms with van der Waals surface area (Å²) in [5.74, 6) is 0.797. The molecule has 0 aromatic rings. The molecule has 0 aromatic carbocycles. The Balaban J connectivity index is 3.07. The van der Waals surface area contributed by atoms with E-state index < -0.39 is 0 Å². The van der Waals surface area contributed by atoms with Crippen molar-refractivity contribution in [1.82, 2.24) is 0 Å². The first-order valence-electron chi connectivity index (χ1n) is 10.0. The zero-order valence-electron chi connectivity index (χ0n) is 15.1. The van der Waals surface area contributed by atoms with Gasteiger partial charge in [-0.2, -0.15) is 0 Å². The van der Waals surface area contributed by atoms with Gasteiger partial charge in [-0.05, 0) is 19.3 Å². The summed E-state index contributed by atoms with van der Waals surface area (Å²) in [6, 6.07) is 0. The van der Waals surface area contributed by atoms with Crippen LogP contribution >= 0.6 is 23.2 Å². The molecule has 0 rings (SSSR count). The van der Waals surface area contributed by atoms with Crippen molar-refractivity contribution >= 4 is 23.2 Å². The first kappa shape index (κ1) is 22.6. The van der Waals surface area contributed by atoms with Crippen LogP contribution in [0.4, 0.5) is 0 Å². The maximum Gasteiger partial charge on any atom is 0.0336 e. The van der Waals surface area contributed by atoms with Crippen molar-refractivity contribution in [2.75, 3.05) is 5.88 Å². The van der Waals surface area contributed by atoms with Crippen molar-refractivity contribution < 1.29 is 0 Å². The lowest BCUT2D eigenvalue weighted by molar-refractivity contribution is 0.529. The van der Waals surface area contributed by atoms with Crippen LogP contribution in [0.25, 0.3) is 0 Å². The molecule has 2 heteroatoms. The van der Waals surface area contributed by atoms with Gasteiger partial charge in [0.15, 0.2) is 0 Å². The number of hydrogen-bond donors (Lipinski definition) is 0. The van der Waals surface area contributed by atoms with Crippen LogP contribution in [0.15, 0.2) is 0 Å². The van der Waals surface area contributed by atoms with Gasteiger partial charge in [0.25, 0.3) is 0 Å². The lowest BCUT2D eigenvalue weighted by Gasteiger charge is -2.08. The molecule has 0 fully saturated rings. The zero-order valence-corrected chi connectivity index (χ0v) is 16.6. The van der Waals surface area contributed by atoms with Crippen molar-refractivity contribution in [3.05, 3.63) is 0 Å². The lowest BCUT2D eigenvalue weighted by atomic mass is 10.0. The molecule has 1 atom stereocenters. The molecule has 1 unspecified atom stereocenters. The Morgan fingerprint density at radius 3 is 1.32 bits per heavy atom. The molecule has 0 N–H and O–H groups in total. The van der Waals surface area contributed by atoms with Crippen LogP contribution < -0.4 is 0 Å². The Kier molecular flexibility index (Phi) is 20.1. The van der Waals surface area contributed by atoms with Gasteiger partial charge in [-0.3, -0.25) is 0 Å². The average molecular weight is 351 g/mol. The molecule has 0 amide bonds. The van der Waals surface area contributed by atoms with Gasteiger partial charge in [0.05, 0.1) is 0 Å². The lowest BCUT2D eigenvalue weighted by Crippen LogP contribution is -1.98. The van der Waals surface area contributed by atoms with Crippen LogP contribution in [0, 0.1) is 0 Å². The molecule has 134 valence electrons. The highest BCUT2D eigenvalue weighted by molar-refractivity contribution is 6.20. The Morgan fingerprint density at radius 2 is 0.909 bits per heavy atom. The van der Waals surface area contributed by atoms with Gasteiger partial charge in [-0.15, -0.1) is 23.2 Å². The highest BCUT2D eigenvalue weighted by Crippen LogP contribution is 2.18. The van der Waals surface area contributed by atoms with Gasteiger partial charge in [-0.1, -0.05) is 96.8 Å². The van der Waals surface area contributed by atoms with Gasteiger partial charge in [0, 0.05) is 11.3 Å². The Morgan fingerprint density at radius 1 is 0.545 bits per heavy atom. The number of unbranched alkanes of at least 4 members (excludes halogenated alkanes) is 13. The van der Waals surface area contributed by atoms with Gasteiger partial charge in [-0.25, -0.2) is 0 Å². The second kappa shape index (κ2) is 19.6. The maximum absolute atomic E-state index is 6.36. The zero-order chi connectivity index (χ0) is 16.3. The molecule has 0 aliphatic rings. The maximum atomic E-state index is 6.36. The molecular formula is C20H40Cl2. The van der Waals surface area contributed by atoms with Crippen LogP contribution in [0.1, 0.15) is 116 Å². The van der Waals surface area contributed by atoms with E-state index >= 15 is 0 Å². The molecule has 0 heterocycles. The summed E-state index contributed by atoms with van der Waals surface area (Å²) in [4.78, 5) is 0. The number of halogens is 2. The normalized spacial score (nSPS) is 12.7. The molecule has 0 saturated heterocycles. The van der Waals surface area contributed by atoms with E-state index in [0.29, 0.717) is 5.38 Å². The Hall–Kier alpha value is 0.580. The van der Waals surface area contributed by atoms with Crippen LogP contribution in [0.2, 0.25) is 0 Å². The third kappa shape index (κ3) is 18.6. The van der Waals surface area contributed by atoms with Crippen LogP contribution in [-0.4, -0.2) is 11.3 Å². The number of alkyl halides is 2. The molecule has 0 aromatic heterocycles. The standard InChI is InChI=1S/C20H40Cl2/c1-2-3-4-5-6-7-8-9-10-11-12-14-17-20(22)18-15-13-16-19-21/h20H,2-19H2,1H3. The second-order valence-corrected chi connectivity index (χ2v) is 7.81. The topological polar surface area (TPSA) is 0 Å². The molecule has 0 aliphatic heterocycles. The van der Waals surface area contributed by atoms with Crippen LogP contribution in [-0.2, 0) is 0 Å². The summed E-state index contributed by atoms with van der Waals surface area (Å²) >= 11 is 12.0. The predicted molar refractivity (Wildman–Crippen MR) is 105 cm³/mol. The van der Waals surface area contributed by atoms with Gasteiger partial charge in [0.2, 0.25) is 0 Å². The van der Waals surface area contributed by atoms with Gasteiger partial charge >= 0.3 is 0 Å². The van der Waals surface area contributed by atoms with E-state index in [1.165, 1.54) is 103 Å². The van der Waals surface area contributed by atoms with E-state index in [-0.39, 0.29) is 0 Å². The fourth-order valence-electron chi connectivity index (χ4n) is 2.99. The fourth-order valence-corrected chi connectivity index (χ4v) is 3.49. The molecular weight excluding hydrogens is 311 g/mol. The van der Waals surface area contributed by atoms with E-state index in [0.717, 1.165) is 12.3 Å². The Bertz CT molecular complexity index is 194. The van der Waals surface area contributed by atoms with Crippen molar-refractivity contribution in [2.24, 2.45) is 0 Å². The smallest absolute Gasteiger partial charge is 0.0336 e. The summed E-state index contributed by atoms with van der Waals surface area (Å²) in [5.41, 5.74) is 0. The largest absolute Gasteiger partial charge is 0.127 e. The summed E-state index contributed by atoms with van der Waals surface area (Å²) < 4.78 is 0. The third-order valence-electron chi connectivity index (χ3n) is 4.52. The van der Waals surface area contributed by atoms with E-state index in [1.807, 2.05) is 0 Å². The number of rotatable bonds is 18. The minimum atomic E-state index is 0.401. The molecule has 0 nitrogen and oxygen atoms in total. The van der Waals surface area contributed by atoms with E-state index in [2.05, 4.69) is 6.92 Å².